The smallest absolute Gasteiger partial charge is 0.138 e. The summed E-state index contributed by atoms with van der Waals surface area (Å²) in [5, 5.41) is 7.11. The molecule has 64 heavy (non-hydrogen) atoms. The summed E-state index contributed by atoms with van der Waals surface area (Å²) in [4.78, 5) is 2.39. The summed E-state index contributed by atoms with van der Waals surface area (Å²) < 4.78 is 9.26. The first-order valence-electron chi connectivity index (χ1n) is 22.2. The third-order valence-corrected chi connectivity index (χ3v) is 13.8. The fraction of sp³-hybridized carbons (Fsp3) is 0.0492. The zero-order chi connectivity index (χ0) is 42.5. The van der Waals surface area contributed by atoms with Gasteiger partial charge in [0, 0.05) is 66.9 Å². The average molecular weight is 819 g/mol. The van der Waals surface area contributed by atoms with Gasteiger partial charge in [0.25, 0.3) is 0 Å². The Morgan fingerprint density at radius 2 is 1.03 bits per heavy atom. The Bertz CT molecular complexity index is 3790. The predicted octanol–water partition coefficient (Wildman–Crippen LogP) is 16.9. The zero-order valence-corrected chi connectivity index (χ0v) is 35.6. The molecule has 0 fully saturated rings. The molecule has 1 aliphatic rings. The van der Waals surface area contributed by atoms with Gasteiger partial charge in [0.1, 0.15) is 11.2 Å². The summed E-state index contributed by atoms with van der Waals surface area (Å²) in [5.41, 5.74) is 18.4. The molecule has 3 nitrogen and oxygen atoms in total. The molecule has 0 spiro atoms. The SMILES string of the molecule is CC1(C)c2ccccc2-c2ccc(N(c3ccccc3)c3ccc(-n4c5cc6oc7ccccc7c6c(-c6ccccc6)c5c5cccc(-c6cccc7ccccc67)c54)cc3)cc21. The molecule has 0 radical (unpaired) electrons. The van der Waals surface area contributed by atoms with Gasteiger partial charge < -0.3 is 13.9 Å². The van der Waals surface area contributed by atoms with Crippen LogP contribution >= 0.6 is 0 Å². The van der Waals surface area contributed by atoms with Crippen LogP contribution in [0, 0.1) is 0 Å². The van der Waals surface area contributed by atoms with E-state index in [0.29, 0.717) is 0 Å². The maximum absolute atomic E-state index is 6.78. The van der Waals surface area contributed by atoms with Crippen LogP contribution in [0.3, 0.4) is 0 Å². The Morgan fingerprint density at radius 3 is 1.88 bits per heavy atom. The van der Waals surface area contributed by atoms with E-state index in [0.717, 1.165) is 61.3 Å². The maximum atomic E-state index is 6.78. The molecule has 0 saturated heterocycles. The molecule has 13 rings (SSSR count). The van der Waals surface area contributed by atoms with Crippen molar-refractivity contribution < 1.29 is 4.42 Å². The molecule has 0 N–H and O–H groups in total. The molecule has 0 unspecified atom stereocenters. The van der Waals surface area contributed by atoms with Crippen LogP contribution in [0.5, 0.6) is 0 Å². The van der Waals surface area contributed by atoms with Crippen molar-refractivity contribution in [3.8, 4) is 39.1 Å². The van der Waals surface area contributed by atoms with Crippen molar-refractivity contribution in [1.82, 2.24) is 4.57 Å². The van der Waals surface area contributed by atoms with E-state index >= 15 is 0 Å². The normalized spacial score (nSPS) is 13.0. The number of furan rings is 1. The van der Waals surface area contributed by atoms with E-state index in [4.69, 9.17) is 4.42 Å². The van der Waals surface area contributed by atoms with Crippen LogP contribution in [-0.2, 0) is 5.41 Å². The number of rotatable bonds is 6. The Labute approximate surface area is 371 Å². The van der Waals surface area contributed by atoms with Gasteiger partial charge in [-0.25, -0.2) is 0 Å². The lowest BCUT2D eigenvalue weighted by molar-refractivity contribution is 0.660. The molecule has 2 aromatic heterocycles. The fourth-order valence-corrected chi connectivity index (χ4v) is 10.9. The molecule has 3 heteroatoms. The molecule has 10 aromatic carbocycles. The van der Waals surface area contributed by atoms with Gasteiger partial charge in [0.05, 0.1) is 11.0 Å². The molecular formula is C61H42N2O. The molecule has 2 heterocycles. The first-order valence-corrected chi connectivity index (χ1v) is 22.2. The summed E-state index contributed by atoms with van der Waals surface area (Å²) in [6.45, 7) is 4.70. The van der Waals surface area contributed by atoms with Gasteiger partial charge in [0.2, 0.25) is 0 Å². The lowest BCUT2D eigenvalue weighted by Gasteiger charge is -2.28. The van der Waals surface area contributed by atoms with Gasteiger partial charge in [-0.2, -0.15) is 0 Å². The van der Waals surface area contributed by atoms with E-state index < -0.39 is 0 Å². The molecule has 1 aliphatic carbocycles. The number of benzene rings is 10. The number of hydrogen-bond donors (Lipinski definition) is 0. The minimum absolute atomic E-state index is 0.115. The highest BCUT2D eigenvalue weighted by Gasteiger charge is 2.36. The van der Waals surface area contributed by atoms with Gasteiger partial charge in [-0.1, -0.05) is 172 Å². The van der Waals surface area contributed by atoms with Crippen molar-refractivity contribution in [2.75, 3.05) is 4.90 Å². The van der Waals surface area contributed by atoms with E-state index in [1.807, 2.05) is 0 Å². The fourth-order valence-electron chi connectivity index (χ4n) is 10.9. The quantitative estimate of drug-likeness (QED) is 0.167. The Hall–Kier alpha value is -8.14. The number of fused-ring (bicyclic) bond motifs is 10. The van der Waals surface area contributed by atoms with Gasteiger partial charge in [0.15, 0.2) is 0 Å². The summed E-state index contributed by atoms with van der Waals surface area (Å²) in [6.07, 6.45) is 0. The largest absolute Gasteiger partial charge is 0.456 e. The number of aromatic nitrogens is 1. The number of para-hydroxylation sites is 3. The first-order chi connectivity index (χ1) is 31.5. The molecule has 0 aliphatic heterocycles. The highest BCUT2D eigenvalue weighted by molar-refractivity contribution is 6.28. The van der Waals surface area contributed by atoms with Crippen LogP contribution in [0.2, 0.25) is 0 Å². The molecule has 12 aromatic rings. The Kier molecular flexibility index (Phi) is 7.95. The van der Waals surface area contributed by atoms with Crippen molar-refractivity contribution in [1.29, 1.82) is 0 Å². The van der Waals surface area contributed by atoms with E-state index in [1.54, 1.807) is 0 Å². The minimum Gasteiger partial charge on any atom is -0.456 e. The first kappa shape index (κ1) is 36.5. The second-order valence-electron chi connectivity index (χ2n) is 17.6. The molecule has 0 amide bonds. The van der Waals surface area contributed by atoms with Crippen LogP contribution in [0.1, 0.15) is 25.0 Å². The van der Waals surface area contributed by atoms with Crippen LogP contribution in [0.4, 0.5) is 17.1 Å². The van der Waals surface area contributed by atoms with Crippen molar-refractivity contribution in [2.45, 2.75) is 19.3 Å². The lowest BCUT2D eigenvalue weighted by Crippen LogP contribution is -2.16. The number of anilines is 3. The zero-order valence-electron chi connectivity index (χ0n) is 35.6. The molecule has 0 saturated carbocycles. The van der Waals surface area contributed by atoms with Gasteiger partial charge in [-0.15, -0.1) is 0 Å². The van der Waals surface area contributed by atoms with Gasteiger partial charge >= 0.3 is 0 Å². The highest BCUT2D eigenvalue weighted by atomic mass is 16.3. The Morgan fingerprint density at radius 1 is 0.422 bits per heavy atom. The molecule has 302 valence electrons. The minimum atomic E-state index is -0.115. The van der Waals surface area contributed by atoms with Crippen LogP contribution < -0.4 is 4.90 Å². The van der Waals surface area contributed by atoms with Crippen molar-refractivity contribution in [3.05, 3.63) is 230 Å². The van der Waals surface area contributed by atoms with Crippen LogP contribution in [0.15, 0.2) is 223 Å². The molecular weight excluding hydrogens is 777 g/mol. The van der Waals surface area contributed by atoms with E-state index in [-0.39, 0.29) is 5.41 Å². The summed E-state index contributed by atoms with van der Waals surface area (Å²) >= 11 is 0. The van der Waals surface area contributed by atoms with Gasteiger partial charge in [-0.3, -0.25) is 0 Å². The van der Waals surface area contributed by atoms with Crippen molar-refractivity contribution in [3.63, 3.8) is 0 Å². The Balaban J connectivity index is 1.08. The van der Waals surface area contributed by atoms with Crippen LogP contribution in [-0.4, -0.2) is 4.57 Å². The number of hydrogen-bond acceptors (Lipinski definition) is 2. The second-order valence-corrected chi connectivity index (χ2v) is 17.6. The van der Waals surface area contributed by atoms with Crippen LogP contribution in [0.25, 0.3) is 93.6 Å². The number of nitrogens with zero attached hydrogens (tertiary/aromatic N) is 2. The third kappa shape index (κ3) is 5.34. The van der Waals surface area contributed by atoms with E-state index in [1.165, 1.54) is 60.5 Å². The van der Waals surface area contributed by atoms with E-state index in [2.05, 4.69) is 242 Å². The van der Waals surface area contributed by atoms with E-state index in [9.17, 15) is 0 Å². The average Bonchev–Trinajstić information content (AvgIpc) is 3.96. The standard InChI is InChI=1S/C61H42N2O/c1-61(2)52-29-13-11-24-47(52)48-36-35-44(37-53(48)61)62(41-21-7-4-8-22-41)42-31-33-43(34-32-42)63-54-38-56-59(50-25-12-14-30-55(50)64-56)57(40-18-5-3-6-19-40)58(54)51-28-16-27-49(60(51)63)46-26-15-20-39-17-9-10-23-45(39)46/h3-38H,1-2H3. The third-order valence-electron chi connectivity index (χ3n) is 13.8. The summed E-state index contributed by atoms with van der Waals surface area (Å²) in [7, 11) is 0. The van der Waals surface area contributed by atoms with Crippen molar-refractivity contribution in [2.24, 2.45) is 0 Å². The topological polar surface area (TPSA) is 21.3 Å². The lowest BCUT2D eigenvalue weighted by atomic mass is 9.82. The summed E-state index contributed by atoms with van der Waals surface area (Å²) in [6, 6.07) is 79.5. The van der Waals surface area contributed by atoms with Crippen molar-refractivity contribution >= 4 is 71.6 Å². The van der Waals surface area contributed by atoms with Gasteiger partial charge in [-0.05, 0) is 98.8 Å². The second kappa shape index (κ2) is 13.9. The summed E-state index contributed by atoms with van der Waals surface area (Å²) in [5.74, 6) is 0. The monoisotopic (exact) mass is 818 g/mol. The highest BCUT2D eigenvalue weighted by Crippen LogP contribution is 2.52. The molecule has 0 bridgehead atoms. The maximum Gasteiger partial charge on any atom is 0.138 e. The predicted molar refractivity (Wildman–Crippen MR) is 269 cm³/mol. The molecule has 0 atom stereocenters.